The lowest BCUT2D eigenvalue weighted by atomic mass is 9.96. The van der Waals surface area contributed by atoms with Gasteiger partial charge in [0, 0.05) is 26.6 Å². The van der Waals surface area contributed by atoms with Crippen LogP contribution < -0.4 is 20.7 Å². The number of carbonyl (C=O) groups is 3. The minimum atomic E-state index is -1.11. The van der Waals surface area contributed by atoms with E-state index in [2.05, 4.69) is 34.1 Å². The Kier molecular flexibility index (Phi) is 9.01. The van der Waals surface area contributed by atoms with Crippen molar-refractivity contribution in [1.29, 1.82) is 0 Å². The maximum absolute atomic E-state index is 13.6. The Balaban J connectivity index is 1.40. The summed E-state index contributed by atoms with van der Waals surface area (Å²) < 4.78 is 6.45. The summed E-state index contributed by atoms with van der Waals surface area (Å²) in [5, 5.41) is 19.4. The number of aliphatic hydroxyl groups excluding tert-OH is 1. The third kappa shape index (κ3) is 6.64. The topological polar surface area (TPSA) is 120 Å². The average molecular weight is 549 g/mol. The molecule has 1 aliphatic carbocycles. The number of aliphatic hydroxyl groups is 1. The first-order valence-electron chi connectivity index (χ1n) is 14.4. The molecule has 1 fully saturated rings. The lowest BCUT2D eigenvalue weighted by Crippen LogP contribution is -2.59. The molecule has 4 N–H and O–H groups in total. The van der Waals surface area contributed by atoms with Crippen molar-refractivity contribution in [2.75, 3.05) is 26.7 Å². The smallest absolute Gasteiger partial charge is 0.245 e. The van der Waals surface area contributed by atoms with Crippen LogP contribution in [0.5, 0.6) is 5.75 Å². The predicted octanol–water partition coefficient (Wildman–Crippen LogP) is 1.36. The van der Waals surface area contributed by atoms with Gasteiger partial charge in [0.25, 0.3) is 0 Å². The number of hydrogen-bond donors (Lipinski definition) is 4. The zero-order valence-corrected chi connectivity index (χ0v) is 23.1. The molecule has 2 bridgehead atoms. The van der Waals surface area contributed by atoms with Gasteiger partial charge in [-0.05, 0) is 61.1 Å². The monoisotopic (exact) mass is 548 g/mol. The van der Waals surface area contributed by atoms with Crippen LogP contribution in [0.3, 0.4) is 0 Å². The highest BCUT2D eigenvalue weighted by atomic mass is 16.5. The Morgan fingerprint density at radius 3 is 2.42 bits per heavy atom. The Hall–Kier alpha value is -3.43. The number of nitrogens with one attached hydrogen (secondary N) is 3. The summed E-state index contributed by atoms with van der Waals surface area (Å²) in [6, 6.07) is 13.3. The van der Waals surface area contributed by atoms with Gasteiger partial charge in [-0.25, -0.2) is 0 Å². The van der Waals surface area contributed by atoms with Gasteiger partial charge < -0.3 is 30.7 Å². The Labute approximate surface area is 235 Å². The molecule has 9 nitrogen and oxygen atoms in total. The average Bonchev–Trinajstić information content (AvgIpc) is 3.81. The van der Waals surface area contributed by atoms with Crippen molar-refractivity contribution in [2.24, 2.45) is 5.92 Å². The summed E-state index contributed by atoms with van der Waals surface area (Å²) in [5.74, 6) is 0.0221. The van der Waals surface area contributed by atoms with Crippen LogP contribution in [0.15, 0.2) is 48.5 Å². The molecule has 3 amide bonds. The van der Waals surface area contributed by atoms with Crippen LogP contribution in [0.25, 0.3) is 0 Å². The normalized spacial score (nSPS) is 26.6. The molecule has 0 aromatic heterocycles. The largest absolute Gasteiger partial charge is 0.489 e. The standard InChI is InChI=1S/C31H40N4O5/c1-35-26(19-36)30(38)34-25(17-20-7-3-2-4-8-20)29(37)32-16-6-11-22-9-5-10-23-14-15-24(40-28(22)23)18-33-27(31(35)39)21-12-13-21/h2-5,7-10,21,24-27,33,36H,6,11-19H2,1H3,(H,32,37)(H,34,38)/t24?,25-,26+,27+/m0/s1. The number of hydrogen-bond acceptors (Lipinski definition) is 6. The van der Waals surface area contributed by atoms with Crippen molar-refractivity contribution in [3.05, 3.63) is 65.2 Å². The van der Waals surface area contributed by atoms with Crippen LogP contribution in [0.1, 0.15) is 42.4 Å². The SMILES string of the molecule is CN1C(=O)[C@@H](C2CC2)NCC2CCc3cccc(c3O2)CCCNC(=O)[C@H](Cc2ccccc2)NC(=O)[C@H]1CO. The van der Waals surface area contributed by atoms with Gasteiger partial charge in [-0.3, -0.25) is 14.4 Å². The van der Waals surface area contributed by atoms with Crippen LogP contribution in [-0.4, -0.2) is 78.7 Å². The number of benzene rings is 2. The van der Waals surface area contributed by atoms with Gasteiger partial charge in [0.05, 0.1) is 12.6 Å². The molecule has 2 aromatic rings. The molecular formula is C31H40N4O5. The van der Waals surface area contributed by atoms with Gasteiger partial charge in [-0.1, -0.05) is 48.5 Å². The van der Waals surface area contributed by atoms with E-state index >= 15 is 0 Å². The molecule has 2 aromatic carbocycles. The van der Waals surface area contributed by atoms with E-state index in [1.165, 1.54) is 10.5 Å². The van der Waals surface area contributed by atoms with Crippen LogP contribution in [0.4, 0.5) is 0 Å². The van der Waals surface area contributed by atoms with E-state index in [0.29, 0.717) is 19.5 Å². The third-order valence-corrected chi connectivity index (χ3v) is 8.25. The maximum atomic E-state index is 13.6. The second-order valence-electron chi connectivity index (χ2n) is 11.2. The molecule has 1 unspecified atom stereocenters. The van der Waals surface area contributed by atoms with Crippen molar-refractivity contribution in [2.45, 2.75) is 69.2 Å². The number of fused-ring (bicyclic) bond motifs is 1. The van der Waals surface area contributed by atoms with E-state index in [4.69, 9.17) is 4.74 Å². The molecule has 40 heavy (non-hydrogen) atoms. The van der Waals surface area contributed by atoms with E-state index in [0.717, 1.165) is 55.4 Å². The zero-order chi connectivity index (χ0) is 28.1. The molecule has 0 radical (unpaired) electrons. The number of ether oxygens (including phenoxy) is 1. The first kappa shape index (κ1) is 28.1. The third-order valence-electron chi connectivity index (χ3n) is 8.25. The van der Waals surface area contributed by atoms with Gasteiger partial charge in [0.1, 0.15) is 23.9 Å². The quantitative estimate of drug-likeness (QED) is 0.458. The fourth-order valence-electron chi connectivity index (χ4n) is 5.71. The highest BCUT2D eigenvalue weighted by Crippen LogP contribution is 2.35. The number of likely N-dealkylation sites (N-methyl/N-ethyl adjacent to an activating group) is 1. The molecule has 1 saturated carbocycles. The van der Waals surface area contributed by atoms with E-state index in [1.54, 1.807) is 7.05 Å². The predicted molar refractivity (Wildman–Crippen MR) is 151 cm³/mol. The molecule has 9 heteroatoms. The van der Waals surface area contributed by atoms with Gasteiger partial charge in [0.15, 0.2) is 0 Å². The van der Waals surface area contributed by atoms with Crippen molar-refractivity contribution in [1.82, 2.24) is 20.9 Å². The highest BCUT2D eigenvalue weighted by molar-refractivity contribution is 5.93. The number of amides is 3. The van der Waals surface area contributed by atoms with Crippen LogP contribution in [0.2, 0.25) is 0 Å². The lowest BCUT2D eigenvalue weighted by Gasteiger charge is -2.33. The van der Waals surface area contributed by atoms with Gasteiger partial charge >= 0.3 is 0 Å². The minimum Gasteiger partial charge on any atom is -0.489 e. The second kappa shape index (κ2) is 12.8. The maximum Gasteiger partial charge on any atom is 0.245 e. The Bertz CT molecular complexity index is 1200. The van der Waals surface area contributed by atoms with Crippen LogP contribution in [-0.2, 0) is 33.6 Å². The van der Waals surface area contributed by atoms with Crippen molar-refractivity contribution in [3.8, 4) is 5.75 Å². The van der Waals surface area contributed by atoms with Crippen molar-refractivity contribution >= 4 is 17.7 Å². The van der Waals surface area contributed by atoms with E-state index in [-0.39, 0.29) is 23.8 Å². The molecule has 0 saturated heterocycles. The summed E-state index contributed by atoms with van der Waals surface area (Å²) >= 11 is 0. The molecule has 5 rings (SSSR count). The van der Waals surface area contributed by atoms with Crippen molar-refractivity contribution < 1.29 is 24.2 Å². The van der Waals surface area contributed by atoms with Crippen LogP contribution in [0, 0.1) is 5.92 Å². The number of rotatable bonds is 4. The molecule has 3 aliphatic rings. The molecule has 4 atom stereocenters. The lowest BCUT2D eigenvalue weighted by molar-refractivity contribution is -0.143. The number of para-hydroxylation sites is 1. The Morgan fingerprint density at radius 1 is 0.950 bits per heavy atom. The summed E-state index contributed by atoms with van der Waals surface area (Å²) in [5.41, 5.74) is 3.21. The number of nitrogens with zero attached hydrogens (tertiary/aromatic N) is 1. The van der Waals surface area contributed by atoms with Crippen LogP contribution >= 0.6 is 0 Å². The minimum absolute atomic E-state index is 0.0673. The second-order valence-corrected chi connectivity index (χ2v) is 11.2. The first-order chi connectivity index (χ1) is 19.4. The van der Waals surface area contributed by atoms with E-state index < -0.39 is 30.6 Å². The number of carbonyl (C=O) groups excluding carboxylic acids is 3. The first-order valence-corrected chi connectivity index (χ1v) is 14.4. The Morgan fingerprint density at radius 2 is 1.70 bits per heavy atom. The molecule has 2 heterocycles. The van der Waals surface area contributed by atoms with E-state index in [1.807, 2.05) is 30.3 Å². The van der Waals surface area contributed by atoms with Gasteiger partial charge in [-0.15, -0.1) is 0 Å². The molecule has 214 valence electrons. The fraction of sp³-hybridized carbons (Fsp3) is 0.516. The molecular weight excluding hydrogens is 508 g/mol. The zero-order valence-electron chi connectivity index (χ0n) is 23.1. The van der Waals surface area contributed by atoms with E-state index in [9.17, 15) is 19.5 Å². The summed E-state index contributed by atoms with van der Waals surface area (Å²) in [6.45, 7) is 0.426. The van der Waals surface area contributed by atoms with Gasteiger partial charge in [0.2, 0.25) is 17.7 Å². The summed E-state index contributed by atoms with van der Waals surface area (Å²) in [6.07, 6.45) is 5.33. The number of aryl methyl sites for hydroxylation is 2. The van der Waals surface area contributed by atoms with Gasteiger partial charge in [-0.2, -0.15) is 0 Å². The van der Waals surface area contributed by atoms with Crippen molar-refractivity contribution in [3.63, 3.8) is 0 Å². The summed E-state index contributed by atoms with van der Waals surface area (Å²) in [4.78, 5) is 41.6. The molecule has 0 spiro atoms. The summed E-state index contributed by atoms with van der Waals surface area (Å²) in [7, 11) is 1.55. The molecule has 2 aliphatic heterocycles. The fourth-order valence-corrected chi connectivity index (χ4v) is 5.71. The highest BCUT2D eigenvalue weighted by Gasteiger charge is 2.41.